The number of pyridine rings is 1. The van der Waals surface area contributed by atoms with E-state index in [0.717, 1.165) is 35.0 Å². The summed E-state index contributed by atoms with van der Waals surface area (Å²) < 4.78 is 28.4. The van der Waals surface area contributed by atoms with E-state index in [1.165, 1.54) is 0 Å². The summed E-state index contributed by atoms with van der Waals surface area (Å²) in [5.41, 5.74) is 2.75. The van der Waals surface area contributed by atoms with Gasteiger partial charge in [0, 0.05) is 30.9 Å². The molecule has 1 aliphatic rings. The minimum Gasteiger partial charge on any atom is -0.278 e. The fourth-order valence-corrected chi connectivity index (χ4v) is 4.90. The van der Waals surface area contributed by atoms with Crippen LogP contribution in [0, 0.1) is 0 Å². The molecule has 1 aliphatic heterocycles. The molecule has 1 saturated heterocycles. The molecular formula is C17H17N3O2S2. The lowest BCUT2D eigenvalue weighted by Gasteiger charge is -2.15. The van der Waals surface area contributed by atoms with E-state index in [1.807, 2.05) is 30.5 Å². The van der Waals surface area contributed by atoms with Gasteiger partial charge in [-0.25, -0.2) is 13.4 Å². The van der Waals surface area contributed by atoms with Crippen molar-refractivity contribution in [1.29, 1.82) is 0 Å². The third-order valence-electron chi connectivity index (χ3n) is 4.44. The van der Waals surface area contributed by atoms with Crippen LogP contribution in [0.25, 0.3) is 22.2 Å². The molecule has 0 aliphatic carbocycles. The Kier molecular flexibility index (Phi) is 3.86. The highest BCUT2D eigenvalue weighted by Crippen LogP contribution is 2.30. The van der Waals surface area contributed by atoms with E-state index in [0.29, 0.717) is 18.0 Å². The van der Waals surface area contributed by atoms with Crippen LogP contribution in [0.3, 0.4) is 0 Å². The molecule has 5 nitrogen and oxygen atoms in total. The number of sulfonamides is 1. The molecule has 7 heteroatoms. The predicted octanol–water partition coefficient (Wildman–Crippen LogP) is 3.18. The van der Waals surface area contributed by atoms with Crippen molar-refractivity contribution in [3.63, 3.8) is 0 Å². The first-order chi connectivity index (χ1) is 11.6. The van der Waals surface area contributed by atoms with Gasteiger partial charge in [0.15, 0.2) is 0 Å². The van der Waals surface area contributed by atoms with E-state index in [-0.39, 0.29) is 0 Å². The number of hydrogen-bond donors (Lipinski definition) is 1. The molecule has 124 valence electrons. The molecule has 2 aromatic heterocycles. The fourth-order valence-electron chi connectivity index (χ4n) is 3.16. The number of aromatic nitrogens is 2. The maximum absolute atomic E-state index is 12.6. The van der Waals surface area contributed by atoms with Crippen molar-refractivity contribution >= 4 is 33.9 Å². The third kappa shape index (κ3) is 2.53. The zero-order valence-electron chi connectivity index (χ0n) is 13.0. The first kappa shape index (κ1) is 15.7. The van der Waals surface area contributed by atoms with Crippen LogP contribution in [0.2, 0.25) is 0 Å². The molecule has 0 saturated carbocycles. The largest absolute Gasteiger partial charge is 0.278 e. The number of rotatable bonds is 3. The Bertz CT molecular complexity index is 988. The van der Waals surface area contributed by atoms with E-state index in [9.17, 15) is 8.42 Å². The zero-order valence-corrected chi connectivity index (χ0v) is 14.7. The number of fused-ring (bicyclic) bond motifs is 1. The second-order valence-electron chi connectivity index (χ2n) is 5.89. The van der Waals surface area contributed by atoms with Gasteiger partial charge in [0.25, 0.3) is 0 Å². The van der Waals surface area contributed by atoms with Crippen molar-refractivity contribution in [1.82, 2.24) is 13.3 Å². The second-order valence-corrected chi connectivity index (χ2v) is 8.26. The summed E-state index contributed by atoms with van der Waals surface area (Å²) in [5, 5.41) is 0.989. The number of thiol groups is 1. The molecule has 0 spiro atoms. The van der Waals surface area contributed by atoms with Gasteiger partial charge in [-0.2, -0.15) is 4.31 Å². The Morgan fingerprint density at radius 2 is 1.71 bits per heavy atom. The SMILES string of the molecule is O=S(=O)(c1ccc(-c2ccnc3c2ccn3S)cc1)N1CCCC1. The van der Waals surface area contributed by atoms with Crippen molar-refractivity contribution in [2.24, 2.45) is 0 Å². The van der Waals surface area contributed by atoms with Gasteiger partial charge in [0.05, 0.1) is 4.90 Å². The molecule has 3 aromatic rings. The first-order valence-electron chi connectivity index (χ1n) is 7.83. The minimum atomic E-state index is -3.37. The summed E-state index contributed by atoms with van der Waals surface area (Å²) in [6.07, 6.45) is 5.45. The molecule has 3 heterocycles. The summed E-state index contributed by atoms with van der Waals surface area (Å²) in [6, 6.07) is 11.0. The molecule has 0 unspecified atom stereocenters. The van der Waals surface area contributed by atoms with Crippen LogP contribution in [0.5, 0.6) is 0 Å². The molecule has 0 atom stereocenters. The highest BCUT2D eigenvalue weighted by Gasteiger charge is 2.26. The minimum absolute atomic E-state index is 0.352. The lowest BCUT2D eigenvalue weighted by atomic mass is 10.0. The van der Waals surface area contributed by atoms with Gasteiger partial charge in [-0.05, 0) is 48.2 Å². The summed E-state index contributed by atoms with van der Waals surface area (Å²) in [5.74, 6) is 0. The third-order valence-corrected chi connectivity index (χ3v) is 6.67. The molecular weight excluding hydrogens is 342 g/mol. The normalized spacial score (nSPS) is 16.0. The quantitative estimate of drug-likeness (QED) is 0.731. The molecule has 0 N–H and O–H groups in total. The summed E-state index contributed by atoms with van der Waals surface area (Å²) in [6.45, 7) is 1.23. The van der Waals surface area contributed by atoms with Gasteiger partial charge < -0.3 is 0 Å². The van der Waals surface area contributed by atoms with E-state index in [1.54, 1.807) is 26.6 Å². The van der Waals surface area contributed by atoms with Crippen LogP contribution in [0.1, 0.15) is 12.8 Å². The van der Waals surface area contributed by atoms with Gasteiger partial charge in [-0.3, -0.25) is 3.97 Å². The topological polar surface area (TPSA) is 55.2 Å². The molecule has 4 rings (SSSR count). The van der Waals surface area contributed by atoms with Gasteiger partial charge >= 0.3 is 0 Å². The maximum atomic E-state index is 12.6. The molecule has 1 fully saturated rings. The van der Waals surface area contributed by atoms with Crippen molar-refractivity contribution in [2.45, 2.75) is 17.7 Å². The standard InChI is InChI=1S/C17H17N3O2S2/c21-24(22,19-10-1-2-11-19)14-5-3-13(4-6-14)15-7-9-18-17-16(15)8-12-20(17)23/h3-9,12,23H,1-2,10-11H2. The van der Waals surface area contributed by atoms with Crippen LogP contribution >= 0.6 is 12.8 Å². The Morgan fingerprint density at radius 1 is 1.00 bits per heavy atom. The van der Waals surface area contributed by atoms with Crippen molar-refractivity contribution in [3.8, 4) is 11.1 Å². The fraction of sp³-hybridized carbons (Fsp3) is 0.235. The van der Waals surface area contributed by atoms with Gasteiger partial charge in [0.2, 0.25) is 10.0 Å². The van der Waals surface area contributed by atoms with E-state index >= 15 is 0 Å². The number of nitrogens with zero attached hydrogens (tertiary/aromatic N) is 3. The van der Waals surface area contributed by atoms with Gasteiger partial charge in [-0.1, -0.05) is 24.9 Å². The summed E-state index contributed by atoms with van der Waals surface area (Å²) in [4.78, 5) is 4.67. The van der Waals surface area contributed by atoms with Crippen molar-refractivity contribution < 1.29 is 8.42 Å². The highest BCUT2D eigenvalue weighted by molar-refractivity contribution is 7.89. The Balaban J connectivity index is 1.73. The summed E-state index contributed by atoms with van der Waals surface area (Å²) in [7, 11) is -3.37. The van der Waals surface area contributed by atoms with E-state index in [4.69, 9.17) is 0 Å². The Morgan fingerprint density at radius 3 is 2.42 bits per heavy atom. The monoisotopic (exact) mass is 359 g/mol. The van der Waals surface area contributed by atoms with E-state index < -0.39 is 10.0 Å². The van der Waals surface area contributed by atoms with Crippen LogP contribution in [0.4, 0.5) is 0 Å². The number of benzene rings is 1. The molecule has 0 amide bonds. The molecule has 0 radical (unpaired) electrons. The first-order valence-corrected chi connectivity index (χ1v) is 9.67. The highest BCUT2D eigenvalue weighted by atomic mass is 32.2. The Hall–Kier alpha value is -1.83. The maximum Gasteiger partial charge on any atom is 0.243 e. The average Bonchev–Trinajstić information content (AvgIpc) is 3.26. The smallest absolute Gasteiger partial charge is 0.243 e. The Labute approximate surface area is 146 Å². The van der Waals surface area contributed by atoms with Crippen LogP contribution in [-0.2, 0) is 10.0 Å². The van der Waals surface area contributed by atoms with Crippen LogP contribution in [0.15, 0.2) is 53.7 Å². The van der Waals surface area contributed by atoms with Crippen molar-refractivity contribution in [2.75, 3.05) is 13.1 Å². The molecule has 1 aromatic carbocycles. The summed E-state index contributed by atoms with van der Waals surface area (Å²) >= 11 is 4.33. The van der Waals surface area contributed by atoms with Crippen molar-refractivity contribution in [3.05, 3.63) is 48.8 Å². The van der Waals surface area contributed by atoms with E-state index in [2.05, 4.69) is 17.8 Å². The van der Waals surface area contributed by atoms with Gasteiger partial charge in [-0.15, -0.1) is 0 Å². The van der Waals surface area contributed by atoms with Crippen LogP contribution in [-0.4, -0.2) is 34.8 Å². The second kappa shape index (κ2) is 5.91. The van der Waals surface area contributed by atoms with Gasteiger partial charge in [0.1, 0.15) is 5.65 Å². The predicted molar refractivity (Wildman–Crippen MR) is 97.5 cm³/mol. The molecule has 24 heavy (non-hydrogen) atoms. The molecule has 0 bridgehead atoms. The average molecular weight is 359 g/mol. The lowest BCUT2D eigenvalue weighted by molar-refractivity contribution is 0.477. The lowest BCUT2D eigenvalue weighted by Crippen LogP contribution is -2.27. The zero-order chi connectivity index (χ0) is 16.7. The number of hydrogen-bond acceptors (Lipinski definition) is 4. The van der Waals surface area contributed by atoms with Crippen LogP contribution < -0.4 is 0 Å².